The first-order valence-electron chi connectivity index (χ1n) is 7.67. The SMILES string of the molecule is Cc1cc(C2(N)CCOCC2)ccc1NC(=O)OC(C)(C)C. The van der Waals surface area contributed by atoms with E-state index in [1.807, 2.05) is 45.9 Å². The van der Waals surface area contributed by atoms with E-state index in [2.05, 4.69) is 5.32 Å². The molecule has 0 atom stereocenters. The van der Waals surface area contributed by atoms with Crippen molar-refractivity contribution in [2.24, 2.45) is 5.73 Å². The molecule has 22 heavy (non-hydrogen) atoms. The van der Waals surface area contributed by atoms with Crippen molar-refractivity contribution >= 4 is 11.8 Å². The van der Waals surface area contributed by atoms with E-state index in [4.69, 9.17) is 15.2 Å². The van der Waals surface area contributed by atoms with Crippen molar-refractivity contribution in [2.45, 2.75) is 51.7 Å². The summed E-state index contributed by atoms with van der Waals surface area (Å²) in [6, 6.07) is 5.90. The van der Waals surface area contributed by atoms with Crippen molar-refractivity contribution < 1.29 is 14.3 Å². The summed E-state index contributed by atoms with van der Waals surface area (Å²) in [6.45, 7) is 8.85. The Balaban J connectivity index is 2.11. The predicted molar refractivity (Wildman–Crippen MR) is 87.0 cm³/mol. The molecule has 1 fully saturated rings. The first-order valence-corrected chi connectivity index (χ1v) is 7.67. The van der Waals surface area contributed by atoms with Gasteiger partial charge in [-0.05, 0) is 57.7 Å². The van der Waals surface area contributed by atoms with Gasteiger partial charge in [-0.1, -0.05) is 12.1 Å². The summed E-state index contributed by atoms with van der Waals surface area (Å²) in [4.78, 5) is 11.9. The number of nitrogens with two attached hydrogens (primary N) is 1. The summed E-state index contributed by atoms with van der Waals surface area (Å²) < 4.78 is 10.7. The van der Waals surface area contributed by atoms with Crippen molar-refractivity contribution in [2.75, 3.05) is 18.5 Å². The minimum Gasteiger partial charge on any atom is -0.444 e. The van der Waals surface area contributed by atoms with Crippen molar-refractivity contribution in [1.82, 2.24) is 0 Å². The maximum atomic E-state index is 11.9. The zero-order chi connectivity index (χ0) is 16.4. The highest BCUT2D eigenvalue weighted by molar-refractivity contribution is 5.86. The van der Waals surface area contributed by atoms with Gasteiger partial charge in [-0.3, -0.25) is 5.32 Å². The molecule has 1 aliphatic rings. The Kier molecular flexibility index (Phi) is 4.78. The average Bonchev–Trinajstić information content (AvgIpc) is 2.39. The highest BCUT2D eigenvalue weighted by Crippen LogP contribution is 2.31. The Bertz CT molecular complexity index is 543. The topological polar surface area (TPSA) is 73.6 Å². The molecule has 0 saturated carbocycles. The number of rotatable bonds is 2. The van der Waals surface area contributed by atoms with Crippen LogP contribution in [0.5, 0.6) is 0 Å². The van der Waals surface area contributed by atoms with Crippen LogP contribution in [0.1, 0.15) is 44.7 Å². The number of hydrogen-bond donors (Lipinski definition) is 2. The average molecular weight is 306 g/mol. The van der Waals surface area contributed by atoms with Crippen molar-refractivity contribution in [1.29, 1.82) is 0 Å². The van der Waals surface area contributed by atoms with E-state index in [9.17, 15) is 4.79 Å². The largest absolute Gasteiger partial charge is 0.444 e. The van der Waals surface area contributed by atoms with E-state index in [0.717, 1.165) is 29.7 Å². The molecule has 1 amide bonds. The molecule has 1 aromatic carbocycles. The van der Waals surface area contributed by atoms with E-state index < -0.39 is 11.7 Å². The number of anilines is 1. The number of aryl methyl sites for hydroxylation is 1. The quantitative estimate of drug-likeness (QED) is 0.879. The monoisotopic (exact) mass is 306 g/mol. The molecule has 0 radical (unpaired) electrons. The van der Waals surface area contributed by atoms with Gasteiger partial charge in [-0.2, -0.15) is 0 Å². The molecule has 0 spiro atoms. The molecule has 0 bridgehead atoms. The van der Waals surface area contributed by atoms with Crippen LogP contribution in [0.3, 0.4) is 0 Å². The number of carbonyl (C=O) groups excluding carboxylic acids is 1. The molecule has 2 rings (SSSR count). The third kappa shape index (κ3) is 4.21. The molecule has 3 N–H and O–H groups in total. The molecular weight excluding hydrogens is 280 g/mol. The molecule has 0 aromatic heterocycles. The Morgan fingerprint density at radius 1 is 1.32 bits per heavy atom. The molecule has 1 heterocycles. The Labute approximate surface area is 132 Å². The summed E-state index contributed by atoms with van der Waals surface area (Å²) in [5, 5.41) is 2.78. The minimum atomic E-state index is -0.513. The maximum absolute atomic E-state index is 11.9. The van der Waals surface area contributed by atoms with Crippen molar-refractivity contribution in [3.05, 3.63) is 29.3 Å². The smallest absolute Gasteiger partial charge is 0.412 e. The first kappa shape index (κ1) is 16.8. The lowest BCUT2D eigenvalue weighted by Gasteiger charge is -2.34. The molecule has 122 valence electrons. The van der Waals surface area contributed by atoms with Gasteiger partial charge in [0.05, 0.1) is 0 Å². The maximum Gasteiger partial charge on any atom is 0.412 e. The Morgan fingerprint density at radius 3 is 2.50 bits per heavy atom. The third-order valence-corrected chi connectivity index (χ3v) is 3.82. The van der Waals surface area contributed by atoms with Crippen LogP contribution in [0.25, 0.3) is 0 Å². The van der Waals surface area contributed by atoms with Gasteiger partial charge in [0.15, 0.2) is 0 Å². The second-order valence-electron chi connectivity index (χ2n) is 6.93. The van der Waals surface area contributed by atoms with Gasteiger partial charge in [0.2, 0.25) is 0 Å². The van der Waals surface area contributed by atoms with Gasteiger partial charge < -0.3 is 15.2 Å². The summed E-state index contributed by atoms with van der Waals surface area (Å²) in [5.41, 5.74) is 8.44. The molecular formula is C17H26N2O3. The standard InChI is InChI=1S/C17H26N2O3/c1-12-11-13(17(18)7-9-21-10-8-17)5-6-14(12)19-15(20)22-16(2,3)4/h5-6,11H,7-10,18H2,1-4H3,(H,19,20). The Morgan fingerprint density at radius 2 is 1.95 bits per heavy atom. The van der Waals surface area contributed by atoms with E-state index in [1.165, 1.54) is 0 Å². The van der Waals surface area contributed by atoms with Gasteiger partial charge in [-0.15, -0.1) is 0 Å². The molecule has 5 nitrogen and oxygen atoms in total. The highest BCUT2D eigenvalue weighted by Gasteiger charge is 2.30. The van der Waals surface area contributed by atoms with Gasteiger partial charge in [-0.25, -0.2) is 4.79 Å². The van der Waals surface area contributed by atoms with Gasteiger partial charge in [0, 0.05) is 24.4 Å². The van der Waals surface area contributed by atoms with Crippen LogP contribution in [0, 0.1) is 6.92 Å². The second-order valence-corrected chi connectivity index (χ2v) is 6.93. The van der Waals surface area contributed by atoms with E-state index in [0.29, 0.717) is 13.2 Å². The lowest BCUT2D eigenvalue weighted by atomic mass is 9.83. The van der Waals surface area contributed by atoms with Crippen LogP contribution in [0.2, 0.25) is 0 Å². The molecule has 0 aliphatic carbocycles. The summed E-state index contributed by atoms with van der Waals surface area (Å²) in [5.74, 6) is 0. The van der Waals surface area contributed by atoms with Crippen molar-refractivity contribution in [3.8, 4) is 0 Å². The van der Waals surface area contributed by atoms with Crippen LogP contribution in [0.4, 0.5) is 10.5 Å². The zero-order valence-corrected chi connectivity index (χ0v) is 13.9. The third-order valence-electron chi connectivity index (χ3n) is 3.82. The predicted octanol–water partition coefficient (Wildman–Crippen LogP) is 3.31. The van der Waals surface area contributed by atoms with Crippen LogP contribution < -0.4 is 11.1 Å². The van der Waals surface area contributed by atoms with Crippen LogP contribution in [-0.4, -0.2) is 24.9 Å². The van der Waals surface area contributed by atoms with Crippen LogP contribution >= 0.6 is 0 Å². The van der Waals surface area contributed by atoms with Gasteiger partial charge in [0.25, 0.3) is 0 Å². The van der Waals surface area contributed by atoms with E-state index in [-0.39, 0.29) is 5.54 Å². The number of nitrogens with one attached hydrogen (secondary N) is 1. The number of hydrogen-bond acceptors (Lipinski definition) is 4. The first-order chi connectivity index (χ1) is 10.2. The fourth-order valence-corrected chi connectivity index (χ4v) is 2.55. The van der Waals surface area contributed by atoms with E-state index >= 15 is 0 Å². The van der Waals surface area contributed by atoms with E-state index in [1.54, 1.807) is 0 Å². The summed E-state index contributed by atoms with van der Waals surface area (Å²) >= 11 is 0. The highest BCUT2D eigenvalue weighted by atomic mass is 16.6. The van der Waals surface area contributed by atoms with Gasteiger partial charge >= 0.3 is 6.09 Å². The van der Waals surface area contributed by atoms with Gasteiger partial charge in [0.1, 0.15) is 5.60 Å². The molecule has 5 heteroatoms. The number of ether oxygens (including phenoxy) is 2. The van der Waals surface area contributed by atoms with Crippen molar-refractivity contribution in [3.63, 3.8) is 0 Å². The molecule has 1 aromatic rings. The summed E-state index contributed by atoms with van der Waals surface area (Å²) in [6.07, 6.45) is 1.17. The second kappa shape index (κ2) is 6.26. The lowest BCUT2D eigenvalue weighted by molar-refractivity contribution is 0.0522. The fourth-order valence-electron chi connectivity index (χ4n) is 2.55. The zero-order valence-electron chi connectivity index (χ0n) is 13.9. The molecule has 1 aliphatic heterocycles. The van der Waals surface area contributed by atoms with Crippen LogP contribution in [0.15, 0.2) is 18.2 Å². The Hall–Kier alpha value is -1.59. The number of carbonyl (C=O) groups is 1. The molecule has 1 saturated heterocycles. The van der Waals surface area contributed by atoms with Crippen LogP contribution in [-0.2, 0) is 15.0 Å². The fraction of sp³-hybridized carbons (Fsp3) is 0.588. The summed E-state index contributed by atoms with van der Waals surface area (Å²) in [7, 11) is 0. The number of benzene rings is 1. The minimum absolute atomic E-state index is 0.340. The normalized spacial score (nSPS) is 17.9. The molecule has 0 unspecified atom stereocenters. The lowest BCUT2D eigenvalue weighted by Crippen LogP contribution is -2.42. The number of amides is 1.